The van der Waals surface area contributed by atoms with Crippen LogP contribution in [-0.2, 0) is 11.3 Å². The summed E-state index contributed by atoms with van der Waals surface area (Å²) in [5, 5.41) is 5.29. The molecular formula is C9H13N3OS. The first-order valence-corrected chi connectivity index (χ1v) is 5.39. The van der Waals surface area contributed by atoms with Gasteiger partial charge in [0.2, 0.25) is 0 Å². The molecule has 0 aromatic carbocycles. The number of nitrogens with one attached hydrogen (secondary N) is 1. The van der Waals surface area contributed by atoms with Gasteiger partial charge in [0.25, 0.3) is 0 Å². The SMILES string of the molecule is COCCNCc1cn2ccsc2n1. The van der Waals surface area contributed by atoms with Crippen LogP contribution in [0.3, 0.4) is 0 Å². The molecule has 0 radical (unpaired) electrons. The third kappa shape index (κ3) is 2.12. The van der Waals surface area contributed by atoms with Crippen molar-refractivity contribution < 1.29 is 4.74 Å². The van der Waals surface area contributed by atoms with E-state index in [0.29, 0.717) is 0 Å². The highest BCUT2D eigenvalue weighted by atomic mass is 32.1. The van der Waals surface area contributed by atoms with Crippen LogP contribution in [0.15, 0.2) is 17.8 Å². The van der Waals surface area contributed by atoms with Gasteiger partial charge >= 0.3 is 0 Å². The molecule has 0 unspecified atom stereocenters. The predicted octanol–water partition coefficient (Wildman–Crippen LogP) is 1.13. The standard InChI is InChI=1S/C9H13N3OS/c1-13-4-2-10-6-8-7-12-3-5-14-9(12)11-8/h3,5,7,10H,2,4,6H2,1H3. The van der Waals surface area contributed by atoms with E-state index < -0.39 is 0 Å². The molecule has 0 saturated carbocycles. The summed E-state index contributed by atoms with van der Waals surface area (Å²) in [6.07, 6.45) is 4.07. The number of ether oxygens (including phenoxy) is 1. The van der Waals surface area contributed by atoms with Gasteiger partial charge in [-0.05, 0) is 0 Å². The zero-order chi connectivity index (χ0) is 9.80. The number of thiazole rings is 1. The summed E-state index contributed by atoms with van der Waals surface area (Å²) in [6.45, 7) is 2.40. The minimum absolute atomic E-state index is 0.738. The maximum absolute atomic E-state index is 4.94. The van der Waals surface area contributed by atoms with E-state index in [0.717, 1.165) is 30.4 Å². The lowest BCUT2D eigenvalue weighted by molar-refractivity contribution is 0.199. The topological polar surface area (TPSA) is 38.6 Å². The fourth-order valence-corrected chi connectivity index (χ4v) is 1.97. The Morgan fingerprint density at radius 3 is 3.36 bits per heavy atom. The van der Waals surface area contributed by atoms with Crippen LogP contribution in [0.1, 0.15) is 5.69 Å². The molecule has 2 aromatic heterocycles. The van der Waals surface area contributed by atoms with Crippen LogP contribution >= 0.6 is 11.3 Å². The Balaban J connectivity index is 1.89. The molecule has 0 atom stereocenters. The average molecular weight is 211 g/mol. The fourth-order valence-electron chi connectivity index (χ4n) is 1.25. The molecule has 2 aromatic rings. The van der Waals surface area contributed by atoms with E-state index in [9.17, 15) is 0 Å². The average Bonchev–Trinajstić information content (AvgIpc) is 2.72. The second-order valence-corrected chi connectivity index (χ2v) is 3.87. The van der Waals surface area contributed by atoms with E-state index in [2.05, 4.69) is 10.3 Å². The largest absolute Gasteiger partial charge is 0.383 e. The van der Waals surface area contributed by atoms with Gasteiger partial charge in [-0.3, -0.25) is 4.40 Å². The predicted molar refractivity (Wildman–Crippen MR) is 56.7 cm³/mol. The van der Waals surface area contributed by atoms with Crippen molar-refractivity contribution in [1.82, 2.24) is 14.7 Å². The Hall–Kier alpha value is -0.910. The molecule has 0 spiro atoms. The number of hydrogen-bond acceptors (Lipinski definition) is 4. The zero-order valence-electron chi connectivity index (χ0n) is 8.06. The Morgan fingerprint density at radius 2 is 2.57 bits per heavy atom. The molecule has 0 bridgehead atoms. The number of nitrogens with zero attached hydrogens (tertiary/aromatic N) is 2. The summed E-state index contributed by atoms with van der Waals surface area (Å²) in [4.78, 5) is 5.50. The Morgan fingerprint density at radius 1 is 1.64 bits per heavy atom. The number of hydrogen-bond donors (Lipinski definition) is 1. The minimum Gasteiger partial charge on any atom is -0.383 e. The summed E-state index contributed by atoms with van der Waals surface area (Å²) in [7, 11) is 1.70. The molecule has 0 amide bonds. The van der Waals surface area contributed by atoms with E-state index >= 15 is 0 Å². The Bertz CT molecular complexity index is 367. The van der Waals surface area contributed by atoms with Gasteiger partial charge in [-0.2, -0.15) is 0 Å². The van der Waals surface area contributed by atoms with Crippen molar-refractivity contribution in [3.05, 3.63) is 23.5 Å². The van der Waals surface area contributed by atoms with Gasteiger partial charge in [-0.15, -0.1) is 11.3 Å². The van der Waals surface area contributed by atoms with E-state index in [1.54, 1.807) is 18.4 Å². The van der Waals surface area contributed by atoms with Crippen LogP contribution in [0.25, 0.3) is 4.96 Å². The molecule has 14 heavy (non-hydrogen) atoms. The van der Waals surface area contributed by atoms with Crippen LogP contribution in [-0.4, -0.2) is 29.6 Å². The molecule has 76 valence electrons. The molecule has 1 N–H and O–H groups in total. The van der Waals surface area contributed by atoms with Crippen molar-refractivity contribution in [3.8, 4) is 0 Å². The van der Waals surface area contributed by atoms with Gasteiger partial charge in [0.15, 0.2) is 4.96 Å². The van der Waals surface area contributed by atoms with Crippen LogP contribution in [0.4, 0.5) is 0 Å². The second kappa shape index (κ2) is 4.54. The number of rotatable bonds is 5. The lowest BCUT2D eigenvalue weighted by atomic mass is 10.4. The van der Waals surface area contributed by atoms with Crippen LogP contribution in [0, 0.1) is 0 Å². The zero-order valence-corrected chi connectivity index (χ0v) is 8.88. The molecule has 2 rings (SSSR count). The van der Waals surface area contributed by atoms with E-state index in [1.807, 2.05) is 22.2 Å². The van der Waals surface area contributed by atoms with Crippen molar-refractivity contribution in [3.63, 3.8) is 0 Å². The van der Waals surface area contributed by atoms with Crippen molar-refractivity contribution in [2.24, 2.45) is 0 Å². The van der Waals surface area contributed by atoms with E-state index in [-0.39, 0.29) is 0 Å². The molecule has 0 aliphatic heterocycles. The summed E-state index contributed by atoms with van der Waals surface area (Å²) in [5.41, 5.74) is 1.08. The van der Waals surface area contributed by atoms with Gasteiger partial charge in [-0.1, -0.05) is 0 Å². The molecule has 4 nitrogen and oxygen atoms in total. The van der Waals surface area contributed by atoms with Crippen molar-refractivity contribution in [2.75, 3.05) is 20.3 Å². The quantitative estimate of drug-likeness (QED) is 0.753. The maximum Gasteiger partial charge on any atom is 0.193 e. The van der Waals surface area contributed by atoms with Gasteiger partial charge in [-0.25, -0.2) is 4.98 Å². The molecule has 0 saturated heterocycles. The van der Waals surface area contributed by atoms with Gasteiger partial charge in [0, 0.05) is 38.0 Å². The minimum atomic E-state index is 0.738. The molecule has 0 aliphatic rings. The maximum atomic E-state index is 4.94. The molecular weight excluding hydrogens is 198 g/mol. The fraction of sp³-hybridized carbons (Fsp3) is 0.444. The van der Waals surface area contributed by atoms with Crippen LogP contribution in [0.5, 0.6) is 0 Å². The molecule has 0 fully saturated rings. The lowest BCUT2D eigenvalue weighted by Crippen LogP contribution is -2.18. The summed E-state index contributed by atoms with van der Waals surface area (Å²) in [6, 6.07) is 0. The second-order valence-electron chi connectivity index (χ2n) is 2.99. The van der Waals surface area contributed by atoms with E-state index in [4.69, 9.17) is 4.74 Å². The molecule has 2 heterocycles. The Kier molecular flexibility index (Phi) is 3.13. The highest BCUT2D eigenvalue weighted by Gasteiger charge is 2.00. The van der Waals surface area contributed by atoms with Crippen LogP contribution < -0.4 is 5.32 Å². The highest BCUT2D eigenvalue weighted by Crippen LogP contribution is 2.10. The molecule has 0 aliphatic carbocycles. The van der Waals surface area contributed by atoms with Crippen molar-refractivity contribution in [1.29, 1.82) is 0 Å². The first kappa shape index (κ1) is 9.64. The number of imidazole rings is 1. The number of fused-ring (bicyclic) bond motifs is 1. The van der Waals surface area contributed by atoms with Gasteiger partial charge < -0.3 is 10.1 Å². The number of methoxy groups -OCH3 is 1. The Labute approximate surface area is 86.5 Å². The first-order chi connectivity index (χ1) is 6.90. The monoisotopic (exact) mass is 211 g/mol. The van der Waals surface area contributed by atoms with Gasteiger partial charge in [0.05, 0.1) is 12.3 Å². The summed E-state index contributed by atoms with van der Waals surface area (Å²) < 4.78 is 6.98. The first-order valence-electron chi connectivity index (χ1n) is 4.51. The third-order valence-electron chi connectivity index (χ3n) is 1.93. The third-order valence-corrected chi connectivity index (χ3v) is 2.70. The van der Waals surface area contributed by atoms with Crippen molar-refractivity contribution in [2.45, 2.75) is 6.54 Å². The van der Waals surface area contributed by atoms with Gasteiger partial charge in [0.1, 0.15) is 0 Å². The van der Waals surface area contributed by atoms with E-state index in [1.165, 1.54) is 0 Å². The smallest absolute Gasteiger partial charge is 0.193 e. The normalized spacial score (nSPS) is 11.2. The lowest BCUT2D eigenvalue weighted by Gasteiger charge is -1.99. The highest BCUT2D eigenvalue weighted by molar-refractivity contribution is 7.15. The summed E-state index contributed by atoms with van der Waals surface area (Å²) in [5.74, 6) is 0. The summed E-state index contributed by atoms with van der Waals surface area (Å²) >= 11 is 1.65. The van der Waals surface area contributed by atoms with Crippen LogP contribution in [0.2, 0.25) is 0 Å². The molecule has 5 heteroatoms. The van der Waals surface area contributed by atoms with Crippen molar-refractivity contribution >= 4 is 16.3 Å². The number of aromatic nitrogens is 2.